The smallest absolute Gasteiger partial charge is 0.265 e. The van der Waals surface area contributed by atoms with Gasteiger partial charge in [-0.25, -0.2) is 13.4 Å². The molecule has 0 aliphatic rings. The molecule has 2 N–H and O–H groups in total. The maximum atomic E-state index is 12.5. The zero-order chi connectivity index (χ0) is 15.6. The van der Waals surface area contributed by atoms with Crippen LogP contribution in [0.15, 0.2) is 39.8 Å². The Balaban J connectivity index is 2.42. The van der Waals surface area contributed by atoms with Gasteiger partial charge in [0.15, 0.2) is 0 Å². The van der Waals surface area contributed by atoms with Crippen LogP contribution >= 0.6 is 15.9 Å². The molecule has 2 rings (SSSR count). The molecular weight excluding hydrogens is 354 g/mol. The molecule has 0 radical (unpaired) electrons. The summed E-state index contributed by atoms with van der Waals surface area (Å²) in [5.41, 5.74) is 2.66. The van der Waals surface area contributed by atoms with Crippen molar-refractivity contribution in [3.8, 4) is 0 Å². The number of pyridine rings is 1. The van der Waals surface area contributed by atoms with Crippen molar-refractivity contribution >= 4 is 37.5 Å². The number of halogens is 1. The van der Waals surface area contributed by atoms with Crippen LogP contribution < -0.4 is 10.0 Å². The highest BCUT2D eigenvalue weighted by Crippen LogP contribution is 2.25. The second kappa shape index (κ2) is 6.03. The summed E-state index contributed by atoms with van der Waals surface area (Å²) in [6.07, 6.45) is 1.54. The van der Waals surface area contributed by atoms with E-state index < -0.39 is 10.0 Å². The average molecular weight is 370 g/mol. The normalized spacial score (nSPS) is 11.2. The van der Waals surface area contributed by atoms with Crippen LogP contribution in [0.25, 0.3) is 0 Å². The molecule has 0 aliphatic carbocycles. The Morgan fingerprint density at radius 2 is 1.86 bits per heavy atom. The Hall–Kier alpha value is -1.60. The van der Waals surface area contributed by atoms with Gasteiger partial charge in [0.25, 0.3) is 10.0 Å². The zero-order valence-corrected chi connectivity index (χ0v) is 14.3. The number of hydrogen-bond acceptors (Lipinski definition) is 4. The average Bonchev–Trinajstić information content (AvgIpc) is 2.42. The minimum atomic E-state index is -3.71. The van der Waals surface area contributed by atoms with Gasteiger partial charge in [-0.2, -0.15) is 0 Å². The van der Waals surface area contributed by atoms with E-state index in [9.17, 15) is 8.42 Å². The number of aromatic nitrogens is 1. The van der Waals surface area contributed by atoms with E-state index in [0.29, 0.717) is 16.0 Å². The molecule has 7 heteroatoms. The second-order valence-electron chi connectivity index (χ2n) is 4.65. The lowest BCUT2D eigenvalue weighted by molar-refractivity contribution is 0.601. The maximum Gasteiger partial charge on any atom is 0.265 e. The number of nitrogens with one attached hydrogen (secondary N) is 2. The van der Waals surface area contributed by atoms with Crippen LogP contribution in [0.3, 0.4) is 0 Å². The van der Waals surface area contributed by atoms with Gasteiger partial charge in [-0.05, 0) is 59.1 Å². The lowest BCUT2D eigenvalue weighted by Crippen LogP contribution is -2.15. The van der Waals surface area contributed by atoms with Crippen LogP contribution in [0.2, 0.25) is 0 Å². The van der Waals surface area contributed by atoms with Gasteiger partial charge in [0.1, 0.15) is 10.7 Å². The number of sulfonamides is 1. The number of hydrogen-bond donors (Lipinski definition) is 2. The lowest BCUT2D eigenvalue weighted by atomic mass is 10.1. The van der Waals surface area contributed by atoms with Gasteiger partial charge in [-0.3, -0.25) is 4.72 Å². The van der Waals surface area contributed by atoms with E-state index >= 15 is 0 Å². The standard InChI is InChI=1S/C14H16BrN3O2S/c1-9-4-5-12(6-10(9)2)18-21(19,20)13-7-11(15)8-17-14(13)16-3/h4-8,18H,1-3H3,(H,16,17). The summed E-state index contributed by atoms with van der Waals surface area (Å²) < 4.78 is 28.2. The van der Waals surface area contributed by atoms with Crippen molar-refractivity contribution in [1.82, 2.24) is 4.98 Å². The highest BCUT2D eigenvalue weighted by Gasteiger charge is 2.20. The van der Waals surface area contributed by atoms with E-state index in [2.05, 4.69) is 31.0 Å². The minimum Gasteiger partial charge on any atom is -0.372 e. The number of rotatable bonds is 4. The van der Waals surface area contributed by atoms with E-state index in [4.69, 9.17) is 0 Å². The number of benzene rings is 1. The van der Waals surface area contributed by atoms with Crippen molar-refractivity contribution in [1.29, 1.82) is 0 Å². The fourth-order valence-corrected chi connectivity index (χ4v) is 3.55. The molecule has 0 fully saturated rings. The Morgan fingerprint density at radius 3 is 2.48 bits per heavy atom. The van der Waals surface area contributed by atoms with Gasteiger partial charge in [-0.1, -0.05) is 6.07 Å². The second-order valence-corrected chi connectivity index (χ2v) is 7.22. The molecule has 0 spiro atoms. The summed E-state index contributed by atoms with van der Waals surface area (Å²) in [5, 5.41) is 2.78. The maximum absolute atomic E-state index is 12.5. The molecular formula is C14H16BrN3O2S. The largest absolute Gasteiger partial charge is 0.372 e. The van der Waals surface area contributed by atoms with E-state index in [0.717, 1.165) is 11.1 Å². The third-order valence-corrected chi connectivity index (χ3v) is 4.93. The van der Waals surface area contributed by atoms with Gasteiger partial charge >= 0.3 is 0 Å². The summed E-state index contributed by atoms with van der Waals surface area (Å²) >= 11 is 3.24. The van der Waals surface area contributed by atoms with E-state index in [1.165, 1.54) is 6.07 Å². The van der Waals surface area contributed by atoms with Gasteiger partial charge in [0, 0.05) is 23.4 Å². The van der Waals surface area contributed by atoms with Crippen molar-refractivity contribution in [3.63, 3.8) is 0 Å². The van der Waals surface area contributed by atoms with Gasteiger partial charge in [-0.15, -0.1) is 0 Å². The topological polar surface area (TPSA) is 71.1 Å². The van der Waals surface area contributed by atoms with Crippen molar-refractivity contribution in [2.45, 2.75) is 18.7 Å². The molecule has 5 nitrogen and oxygen atoms in total. The number of nitrogens with zero attached hydrogens (tertiary/aromatic N) is 1. The molecule has 0 aliphatic heterocycles. The van der Waals surface area contributed by atoms with Crippen molar-refractivity contribution < 1.29 is 8.42 Å². The molecule has 112 valence electrons. The Morgan fingerprint density at radius 1 is 1.14 bits per heavy atom. The first-order chi connectivity index (χ1) is 9.83. The van der Waals surface area contributed by atoms with Crippen LogP contribution in [-0.2, 0) is 10.0 Å². The number of aryl methyl sites for hydroxylation is 2. The first-order valence-corrected chi connectivity index (χ1v) is 8.54. The molecule has 0 saturated carbocycles. The van der Waals surface area contributed by atoms with Crippen LogP contribution in [-0.4, -0.2) is 20.4 Å². The third-order valence-electron chi connectivity index (χ3n) is 3.10. The summed E-state index contributed by atoms with van der Waals surface area (Å²) in [6, 6.07) is 6.94. The molecule has 1 aromatic heterocycles. The molecule has 0 unspecified atom stereocenters. The Kier molecular flexibility index (Phi) is 4.53. The molecule has 21 heavy (non-hydrogen) atoms. The van der Waals surface area contributed by atoms with Crippen molar-refractivity contribution in [3.05, 3.63) is 46.1 Å². The van der Waals surface area contributed by atoms with Gasteiger partial charge < -0.3 is 5.32 Å². The van der Waals surface area contributed by atoms with Crippen molar-refractivity contribution in [2.24, 2.45) is 0 Å². The van der Waals surface area contributed by atoms with Gasteiger partial charge in [0.05, 0.1) is 0 Å². The first-order valence-electron chi connectivity index (χ1n) is 6.27. The minimum absolute atomic E-state index is 0.0950. The number of anilines is 2. The molecule has 0 atom stereocenters. The van der Waals surface area contributed by atoms with E-state index in [1.54, 1.807) is 25.4 Å². The van der Waals surface area contributed by atoms with Crippen LogP contribution in [0, 0.1) is 13.8 Å². The highest BCUT2D eigenvalue weighted by molar-refractivity contribution is 9.10. The summed E-state index contributed by atoms with van der Waals surface area (Å²) in [7, 11) is -2.08. The first kappa shape index (κ1) is 15.8. The zero-order valence-electron chi connectivity index (χ0n) is 11.9. The molecule has 1 heterocycles. The molecule has 0 amide bonds. The summed E-state index contributed by atoms with van der Waals surface area (Å²) in [4.78, 5) is 4.15. The van der Waals surface area contributed by atoms with E-state index in [-0.39, 0.29) is 4.90 Å². The summed E-state index contributed by atoms with van der Waals surface area (Å²) in [5.74, 6) is 0.300. The van der Waals surface area contributed by atoms with Crippen LogP contribution in [0.1, 0.15) is 11.1 Å². The fraction of sp³-hybridized carbons (Fsp3) is 0.214. The molecule has 0 bridgehead atoms. The fourth-order valence-electron chi connectivity index (χ4n) is 1.83. The molecule has 0 saturated heterocycles. The predicted octanol–water partition coefficient (Wildman–Crippen LogP) is 3.30. The van der Waals surface area contributed by atoms with Gasteiger partial charge in [0.2, 0.25) is 0 Å². The quantitative estimate of drug-likeness (QED) is 0.866. The third kappa shape index (κ3) is 3.54. The monoisotopic (exact) mass is 369 g/mol. The Labute approximate surface area is 133 Å². The lowest BCUT2D eigenvalue weighted by Gasteiger charge is -2.12. The summed E-state index contributed by atoms with van der Waals surface area (Å²) in [6.45, 7) is 3.91. The van der Waals surface area contributed by atoms with Crippen molar-refractivity contribution in [2.75, 3.05) is 17.1 Å². The SMILES string of the molecule is CNc1ncc(Br)cc1S(=O)(=O)Nc1ccc(C)c(C)c1. The predicted molar refractivity (Wildman–Crippen MR) is 88.2 cm³/mol. The molecule has 1 aromatic carbocycles. The van der Waals surface area contributed by atoms with E-state index in [1.807, 2.05) is 19.9 Å². The molecule has 2 aromatic rings. The highest BCUT2D eigenvalue weighted by atomic mass is 79.9. The van der Waals surface area contributed by atoms with Crippen LogP contribution in [0.4, 0.5) is 11.5 Å². The Bertz CT molecular complexity index is 776. The van der Waals surface area contributed by atoms with Crippen LogP contribution in [0.5, 0.6) is 0 Å².